The van der Waals surface area contributed by atoms with E-state index >= 15 is 0 Å². The first-order chi connectivity index (χ1) is 12.3. The zero-order valence-corrected chi connectivity index (χ0v) is 14.6. The Kier molecular flexibility index (Phi) is 4.94. The van der Waals surface area contributed by atoms with Crippen LogP contribution in [0.1, 0.15) is 21.7 Å². The molecule has 0 bridgehead atoms. The van der Waals surface area contributed by atoms with Crippen LogP contribution in [0.3, 0.4) is 0 Å². The normalized spacial score (nSPS) is 19.6. The number of aliphatic hydroxyl groups excluding tert-OH is 1. The zero-order valence-electron chi connectivity index (χ0n) is 14.6. The molecule has 0 aliphatic carbocycles. The number of likely N-dealkylation sites (tertiary alicyclic amines) is 1. The van der Waals surface area contributed by atoms with Gasteiger partial charge < -0.3 is 19.8 Å². The van der Waals surface area contributed by atoms with Gasteiger partial charge in [0.2, 0.25) is 5.91 Å². The maximum Gasteiger partial charge on any atom is 0.335 e. The van der Waals surface area contributed by atoms with Gasteiger partial charge in [0.1, 0.15) is 24.5 Å². The molecule has 1 amide bonds. The average Bonchev–Trinajstić information content (AvgIpc) is 3.10. The third-order valence-corrected chi connectivity index (χ3v) is 4.37. The van der Waals surface area contributed by atoms with Gasteiger partial charge in [0.15, 0.2) is 0 Å². The Labute approximate surface area is 150 Å². The molecule has 1 fully saturated rings. The molecule has 0 radical (unpaired) electrons. The smallest absolute Gasteiger partial charge is 0.335 e. The van der Waals surface area contributed by atoms with Crippen LogP contribution in [0.5, 0.6) is 5.75 Å². The van der Waals surface area contributed by atoms with E-state index in [0.717, 1.165) is 11.4 Å². The number of aromatic carboxylic acids is 1. The number of β-amino-alcohol motifs (C(OH)–C–C–N with tert-alkyl or cyclic N) is 1. The molecular weight excluding hydrogens is 338 g/mol. The van der Waals surface area contributed by atoms with Crippen LogP contribution in [-0.4, -0.2) is 62.1 Å². The summed E-state index contributed by atoms with van der Waals surface area (Å²) in [7, 11) is 0. The lowest BCUT2D eigenvalue weighted by atomic mass is 10.2. The fourth-order valence-corrected chi connectivity index (χ4v) is 2.99. The van der Waals surface area contributed by atoms with Crippen molar-refractivity contribution in [1.82, 2.24) is 14.7 Å². The minimum Gasteiger partial charge on any atom is -0.486 e. The number of ether oxygens (including phenoxy) is 1. The fraction of sp³-hybridized carbons (Fsp3) is 0.389. The number of hydrogen-bond acceptors (Lipinski definition) is 5. The van der Waals surface area contributed by atoms with E-state index in [1.165, 1.54) is 24.3 Å². The summed E-state index contributed by atoms with van der Waals surface area (Å²) in [5, 5.41) is 23.4. The van der Waals surface area contributed by atoms with Gasteiger partial charge in [-0.25, -0.2) is 4.79 Å². The Hall–Kier alpha value is -2.87. The second kappa shape index (κ2) is 7.17. The molecule has 8 heteroatoms. The Morgan fingerprint density at radius 2 is 1.92 bits per heavy atom. The van der Waals surface area contributed by atoms with Crippen LogP contribution in [0, 0.1) is 13.8 Å². The predicted octanol–water partition coefficient (Wildman–Crippen LogP) is 0.849. The van der Waals surface area contributed by atoms with Gasteiger partial charge >= 0.3 is 5.97 Å². The Balaban J connectivity index is 1.60. The fourth-order valence-electron chi connectivity index (χ4n) is 2.99. The second-order valence-corrected chi connectivity index (χ2v) is 6.44. The van der Waals surface area contributed by atoms with Crippen molar-refractivity contribution in [2.24, 2.45) is 0 Å². The van der Waals surface area contributed by atoms with E-state index < -0.39 is 18.2 Å². The first-order valence-corrected chi connectivity index (χ1v) is 8.30. The van der Waals surface area contributed by atoms with Gasteiger partial charge in [-0.15, -0.1) is 0 Å². The third kappa shape index (κ3) is 3.85. The molecule has 26 heavy (non-hydrogen) atoms. The molecule has 1 aliphatic heterocycles. The van der Waals surface area contributed by atoms with E-state index in [1.54, 1.807) is 9.58 Å². The number of carbonyl (C=O) groups excluding carboxylic acids is 1. The van der Waals surface area contributed by atoms with Crippen molar-refractivity contribution in [2.75, 3.05) is 13.1 Å². The highest BCUT2D eigenvalue weighted by Crippen LogP contribution is 2.20. The number of carboxylic acid groups (broad SMARTS) is 1. The summed E-state index contributed by atoms with van der Waals surface area (Å²) >= 11 is 0. The lowest BCUT2D eigenvalue weighted by Crippen LogP contribution is -2.34. The zero-order chi connectivity index (χ0) is 18.8. The molecule has 1 aromatic heterocycles. The van der Waals surface area contributed by atoms with Gasteiger partial charge in [-0.1, -0.05) is 0 Å². The number of benzene rings is 1. The highest BCUT2D eigenvalue weighted by molar-refractivity contribution is 5.87. The van der Waals surface area contributed by atoms with Crippen LogP contribution in [0.4, 0.5) is 0 Å². The van der Waals surface area contributed by atoms with Crippen LogP contribution in [0.25, 0.3) is 0 Å². The number of amides is 1. The van der Waals surface area contributed by atoms with Crippen molar-refractivity contribution in [3.8, 4) is 5.75 Å². The molecule has 3 rings (SSSR count). The highest BCUT2D eigenvalue weighted by atomic mass is 16.5. The maximum atomic E-state index is 12.5. The molecule has 0 spiro atoms. The summed E-state index contributed by atoms with van der Waals surface area (Å²) in [6.45, 7) is 4.33. The lowest BCUT2D eigenvalue weighted by Gasteiger charge is -2.17. The van der Waals surface area contributed by atoms with Crippen molar-refractivity contribution < 1.29 is 24.5 Å². The SMILES string of the molecule is Cc1cc(C)n(CC(=O)N2C[C@@H](O)[C@H](Oc3ccc(C(=O)O)cc3)C2)n1. The number of carboxylic acids is 1. The van der Waals surface area contributed by atoms with E-state index in [-0.39, 0.29) is 31.1 Å². The van der Waals surface area contributed by atoms with E-state index in [2.05, 4.69) is 5.10 Å². The minimum atomic E-state index is -1.02. The molecular formula is C18H21N3O5. The molecule has 2 heterocycles. The van der Waals surface area contributed by atoms with Crippen molar-refractivity contribution >= 4 is 11.9 Å². The van der Waals surface area contributed by atoms with E-state index in [4.69, 9.17) is 9.84 Å². The van der Waals surface area contributed by atoms with E-state index in [1.807, 2.05) is 19.9 Å². The van der Waals surface area contributed by atoms with Crippen molar-refractivity contribution in [2.45, 2.75) is 32.6 Å². The Morgan fingerprint density at radius 1 is 1.23 bits per heavy atom. The number of rotatable bonds is 5. The largest absolute Gasteiger partial charge is 0.486 e. The van der Waals surface area contributed by atoms with Gasteiger partial charge in [-0.05, 0) is 44.2 Å². The Bertz CT molecular complexity index is 815. The Morgan fingerprint density at radius 3 is 2.50 bits per heavy atom. The van der Waals surface area contributed by atoms with Crippen molar-refractivity contribution in [3.05, 3.63) is 47.3 Å². The average molecular weight is 359 g/mol. The monoisotopic (exact) mass is 359 g/mol. The van der Waals surface area contributed by atoms with Crippen molar-refractivity contribution in [3.63, 3.8) is 0 Å². The van der Waals surface area contributed by atoms with Gasteiger partial charge in [0, 0.05) is 5.69 Å². The van der Waals surface area contributed by atoms with Gasteiger partial charge in [-0.2, -0.15) is 5.10 Å². The number of hydrogen-bond donors (Lipinski definition) is 2. The quantitative estimate of drug-likeness (QED) is 0.820. The summed E-state index contributed by atoms with van der Waals surface area (Å²) in [6.07, 6.45) is -1.37. The second-order valence-electron chi connectivity index (χ2n) is 6.44. The van der Waals surface area contributed by atoms with Gasteiger partial charge in [-0.3, -0.25) is 9.48 Å². The lowest BCUT2D eigenvalue weighted by molar-refractivity contribution is -0.131. The number of carbonyl (C=O) groups is 2. The first-order valence-electron chi connectivity index (χ1n) is 8.30. The standard InChI is InChI=1S/C18H21N3O5/c1-11-7-12(2)21(19-11)10-17(23)20-8-15(22)16(9-20)26-14-5-3-13(4-6-14)18(24)25/h3-7,15-16,22H,8-10H2,1-2H3,(H,24,25)/t15-,16-/m1/s1. The van der Waals surface area contributed by atoms with Gasteiger partial charge in [0.05, 0.1) is 24.3 Å². The number of nitrogens with zero attached hydrogens (tertiary/aromatic N) is 3. The van der Waals surface area contributed by atoms with Crippen LogP contribution in [0.2, 0.25) is 0 Å². The first kappa shape index (κ1) is 17.9. The molecule has 2 atom stereocenters. The van der Waals surface area contributed by atoms with Gasteiger partial charge in [0.25, 0.3) is 0 Å². The summed E-state index contributed by atoms with van der Waals surface area (Å²) in [4.78, 5) is 24.9. The molecule has 0 unspecified atom stereocenters. The number of aliphatic hydroxyl groups is 1. The van der Waals surface area contributed by atoms with Crippen LogP contribution < -0.4 is 4.74 Å². The molecule has 1 aromatic carbocycles. The number of aromatic nitrogens is 2. The molecule has 138 valence electrons. The van der Waals surface area contributed by atoms with Crippen LogP contribution in [-0.2, 0) is 11.3 Å². The highest BCUT2D eigenvalue weighted by Gasteiger charge is 2.35. The topological polar surface area (TPSA) is 105 Å². The van der Waals surface area contributed by atoms with Crippen molar-refractivity contribution in [1.29, 1.82) is 0 Å². The predicted molar refractivity (Wildman–Crippen MR) is 92.1 cm³/mol. The summed E-state index contributed by atoms with van der Waals surface area (Å²) in [6, 6.07) is 7.85. The minimum absolute atomic E-state index is 0.117. The molecule has 1 aliphatic rings. The molecule has 2 N–H and O–H groups in total. The van der Waals surface area contributed by atoms with E-state index in [0.29, 0.717) is 5.75 Å². The molecule has 8 nitrogen and oxygen atoms in total. The summed E-state index contributed by atoms with van der Waals surface area (Å²) in [5.74, 6) is -0.701. The van der Waals surface area contributed by atoms with E-state index in [9.17, 15) is 14.7 Å². The van der Waals surface area contributed by atoms with Crippen LogP contribution >= 0.6 is 0 Å². The molecule has 0 saturated carbocycles. The molecule has 1 saturated heterocycles. The number of aryl methyl sites for hydroxylation is 2. The maximum absolute atomic E-state index is 12.5. The summed E-state index contributed by atoms with van der Waals surface area (Å²) in [5.41, 5.74) is 1.91. The third-order valence-electron chi connectivity index (χ3n) is 4.37. The van der Waals surface area contributed by atoms with Crippen LogP contribution in [0.15, 0.2) is 30.3 Å². The molecule has 2 aromatic rings. The summed E-state index contributed by atoms with van der Waals surface area (Å²) < 4.78 is 7.36.